The number of nitrogens with two attached hydrogens (primary N) is 1. The first-order chi connectivity index (χ1) is 15.1. The number of thioether (sulfide) groups is 1. The van der Waals surface area contributed by atoms with Crippen LogP contribution in [0.5, 0.6) is 5.75 Å². The molecule has 0 saturated heterocycles. The number of hydrogen-bond acceptors (Lipinski definition) is 8. The number of rotatable bonds is 13. The van der Waals surface area contributed by atoms with Crippen LogP contribution in [0.4, 0.5) is 0 Å². The highest BCUT2D eigenvalue weighted by molar-refractivity contribution is 7.98. The third-order valence-electron chi connectivity index (χ3n) is 4.53. The number of phenols is 1. The standard InChI is InChI=1S/C20H30N4O6S2/c1-11(22-19(28)16(10-31)24-18(27)14(21)7-8-32-2)17(26)23-15(20(29)30)9-12-3-5-13(25)6-4-12/h3-6,11,14-16,25,31H,7-10,21H2,1-2H3,(H,22,28)(H,23,26)(H,24,27)(H,29,30). The van der Waals surface area contributed by atoms with Crippen molar-refractivity contribution in [2.45, 2.75) is 43.9 Å². The lowest BCUT2D eigenvalue weighted by atomic mass is 10.1. The van der Waals surface area contributed by atoms with E-state index in [9.17, 15) is 29.4 Å². The maximum absolute atomic E-state index is 12.5. The third kappa shape index (κ3) is 9.37. The van der Waals surface area contributed by atoms with Gasteiger partial charge in [0.1, 0.15) is 23.9 Å². The molecule has 4 unspecified atom stereocenters. The van der Waals surface area contributed by atoms with E-state index in [2.05, 4.69) is 28.6 Å². The molecule has 32 heavy (non-hydrogen) atoms. The predicted molar refractivity (Wildman–Crippen MR) is 126 cm³/mol. The molecule has 0 aliphatic carbocycles. The van der Waals surface area contributed by atoms with Gasteiger partial charge in [-0.2, -0.15) is 24.4 Å². The highest BCUT2D eigenvalue weighted by Crippen LogP contribution is 2.11. The molecule has 1 rings (SSSR count). The van der Waals surface area contributed by atoms with Gasteiger partial charge < -0.3 is 31.9 Å². The van der Waals surface area contributed by atoms with Crippen molar-refractivity contribution < 1.29 is 29.4 Å². The molecule has 10 nitrogen and oxygen atoms in total. The number of carboxylic acid groups (broad SMARTS) is 1. The molecule has 3 amide bonds. The summed E-state index contributed by atoms with van der Waals surface area (Å²) in [6, 6.07) is 1.85. The Morgan fingerprint density at radius 3 is 2.16 bits per heavy atom. The zero-order valence-corrected chi connectivity index (χ0v) is 19.6. The second-order valence-corrected chi connectivity index (χ2v) is 8.48. The van der Waals surface area contributed by atoms with Crippen molar-refractivity contribution in [1.29, 1.82) is 0 Å². The largest absolute Gasteiger partial charge is 0.508 e. The lowest BCUT2D eigenvalue weighted by molar-refractivity contribution is -0.142. The Morgan fingerprint density at radius 1 is 1.03 bits per heavy atom. The van der Waals surface area contributed by atoms with Gasteiger partial charge in [0.05, 0.1) is 6.04 Å². The van der Waals surface area contributed by atoms with Crippen molar-refractivity contribution in [2.75, 3.05) is 17.8 Å². The molecule has 0 spiro atoms. The van der Waals surface area contributed by atoms with Crippen LogP contribution >= 0.6 is 24.4 Å². The minimum Gasteiger partial charge on any atom is -0.508 e. The molecule has 12 heteroatoms. The van der Waals surface area contributed by atoms with Gasteiger partial charge in [0.2, 0.25) is 17.7 Å². The molecule has 0 bridgehead atoms. The molecule has 0 aliphatic rings. The van der Waals surface area contributed by atoms with Gasteiger partial charge in [0.15, 0.2) is 0 Å². The van der Waals surface area contributed by atoms with Crippen LogP contribution in [0, 0.1) is 0 Å². The van der Waals surface area contributed by atoms with E-state index >= 15 is 0 Å². The number of nitrogens with one attached hydrogen (secondary N) is 3. The van der Waals surface area contributed by atoms with Crippen LogP contribution in [0.15, 0.2) is 24.3 Å². The minimum atomic E-state index is -1.25. The first kappa shape index (κ1) is 27.6. The van der Waals surface area contributed by atoms with Crippen molar-refractivity contribution >= 4 is 48.1 Å². The fraction of sp³-hybridized carbons (Fsp3) is 0.500. The minimum absolute atomic E-state index is 0.00865. The van der Waals surface area contributed by atoms with E-state index in [4.69, 9.17) is 5.73 Å². The van der Waals surface area contributed by atoms with Crippen LogP contribution in [0.25, 0.3) is 0 Å². The number of aromatic hydroxyl groups is 1. The number of benzene rings is 1. The van der Waals surface area contributed by atoms with Gasteiger partial charge in [0.25, 0.3) is 0 Å². The second-order valence-electron chi connectivity index (χ2n) is 7.13. The predicted octanol–water partition coefficient (Wildman–Crippen LogP) is -0.496. The number of thiol groups is 1. The number of aliphatic carboxylic acids is 1. The topological polar surface area (TPSA) is 171 Å². The Bertz CT molecular complexity index is 793. The summed E-state index contributed by atoms with van der Waals surface area (Å²) in [4.78, 5) is 48.6. The smallest absolute Gasteiger partial charge is 0.326 e. The number of amides is 3. The van der Waals surface area contributed by atoms with Crippen LogP contribution in [-0.2, 0) is 25.6 Å². The summed E-state index contributed by atoms with van der Waals surface area (Å²) in [7, 11) is 0. The number of hydrogen-bond donors (Lipinski definition) is 7. The summed E-state index contributed by atoms with van der Waals surface area (Å²) in [5.74, 6) is -2.37. The van der Waals surface area contributed by atoms with Crippen molar-refractivity contribution in [3.8, 4) is 5.75 Å². The maximum atomic E-state index is 12.5. The SMILES string of the molecule is CSCCC(N)C(=O)NC(CS)C(=O)NC(C)C(=O)NC(Cc1ccc(O)cc1)C(=O)O. The number of carbonyl (C=O) groups is 4. The lowest BCUT2D eigenvalue weighted by Gasteiger charge is -2.22. The average Bonchev–Trinajstić information content (AvgIpc) is 2.75. The Balaban J connectivity index is 2.66. The van der Waals surface area contributed by atoms with E-state index in [1.54, 1.807) is 23.9 Å². The Morgan fingerprint density at radius 2 is 1.62 bits per heavy atom. The van der Waals surface area contributed by atoms with Crippen molar-refractivity contribution in [3.63, 3.8) is 0 Å². The monoisotopic (exact) mass is 486 g/mol. The van der Waals surface area contributed by atoms with Crippen molar-refractivity contribution in [3.05, 3.63) is 29.8 Å². The van der Waals surface area contributed by atoms with Gasteiger partial charge >= 0.3 is 5.97 Å². The molecule has 0 aromatic heterocycles. The fourth-order valence-electron chi connectivity index (χ4n) is 2.59. The maximum Gasteiger partial charge on any atom is 0.326 e. The highest BCUT2D eigenvalue weighted by Gasteiger charge is 2.27. The van der Waals surface area contributed by atoms with E-state index in [0.717, 1.165) is 0 Å². The van der Waals surface area contributed by atoms with E-state index in [1.165, 1.54) is 19.1 Å². The van der Waals surface area contributed by atoms with Gasteiger partial charge in [-0.05, 0) is 43.0 Å². The fourth-order valence-corrected chi connectivity index (χ4v) is 3.34. The van der Waals surface area contributed by atoms with Gasteiger partial charge in [-0.3, -0.25) is 14.4 Å². The van der Waals surface area contributed by atoms with Gasteiger partial charge in [0, 0.05) is 12.2 Å². The average molecular weight is 487 g/mol. The zero-order chi connectivity index (χ0) is 24.3. The molecule has 4 atom stereocenters. The molecule has 0 saturated carbocycles. The zero-order valence-electron chi connectivity index (χ0n) is 17.9. The van der Waals surface area contributed by atoms with Crippen LogP contribution in [0.1, 0.15) is 18.9 Å². The first-order valence-electron chi connectivity index (χ1n) is 9.86. The Hall–Kier alpha value is -2.44. The summed E-state index contributed by atoms with van der Waals surface area (Å²) in [5, 5.41) is 26.1. The summed E-state index contributed by atoms with van der Waals surface area (Å²) in [6.07, 6.45) is 2.33. The molecule has 7 N–H and O–H groups in total. The van der Waals surface area contributed by atoms with Crippen molar-refractivity contribution in [2.24, 2.45) is 5.73 Å². The molecule has 178 valence electrons. The number of carbonyl (C=O) groups excluding carboxylic acids is 3. The third-order valence-corrected chi connectivity index (χ3v) is 5.54. The molecule has 0 fully saturated rings. The number of carboxylic acids is 1. The quantitative estimate of drug-likeness (QED) is 0.183. The van der Waals surface area contributed by atoms with E-state index in [0.29, 0.717) is 17.7 Å². The first-order valence-corrected chi connectivity index (χ1v) is 11.9. The molecule has 0 heterocycles. The van der Waals surface area contributed by atoms with Gasteiger partial charge in [-0.15, -0.1) is 0 Å². The van der Waals surface area contributed by atoms with Crippen LogP contribution in [0.2, 0.25) is 0 Å². The summed E-state index contributed by atoms with van der Waals surface area (Å²) in [5.41, 5.74) is 6.39. The summed E-state index contributed by atoms with van der Waals surface area (Å²) in [6.45, 7) is 1.40. The molecule has 0 aliphatic heterocycles. The van der Waals surface area contributed by atoms with E-state index in [-0.39, 0.29) is 17.9 Å². The summed E-state index contributed by atoms with van der Waals surface area (Å²) < 4.78 is 0. The van der Waals surface area contributed by atoms with Crippen LogP contribution in [0.3, 0.4) is 0 Å². The van der Waals surface area contributed by atoms with Crippen LogP contribution < -0.4 is 21.7 Å². The molecular weight excluding hydrogens is 456 g/mol. The molecular formula is C20H30N4O6S2. The number of phenolic OH excluding ortho intramolecular Hbond substituents is 1. The van der Waals surface area contributed by atoms with E-state index < -0.39 is 47.9 Å². The Kier molecular flexibility index (Phi) is 12.0. The molecule has 0 radical (unpaired) electrons. The lowest BCUT2D eigenvalue weighted by Crippen LogP contribution is -2.57. The van der Waals surface area contributed by atoms with E-state index in [1.807, 2.05) is 6.26 Å². The van der Waals surface area contributed by atoms with Gasteiger partial charge in [-0.1, -0.05) is 12.1 Å². The van der Waals surface area contributed by atoms with Crippen molar-refractivity contribution in [1.82, 2.24) is 16.0 Å². The normalized spacial score (nSPS) is 14.5. The Labute approximate surface area is 196 Å². The molecule has 1 aromatic rings. The van der Waals surface area contributed by atoms with Crippen LogP contribution in [-0.4, -0.2) is 75.8 Å². The highest BCUT2D eigenvalue weighted by atomic mass is 32.2. The second kappa shape index (κ2) is 13.9. The van der Waals surface area contributed by atoms with Gasteiger partial charge in [-0.25, -0.2) is 4.79 Å². The summed E-state index contributed by atoms with van der Waals surface area (Å²) >= 11 is 5.62. The molecule has 1 aromatic carbocycles.